The molecule has 0 aliphatic heterocycles. The van der Waals surface area contributed by atoms with Crippen LogP contribution in [0.5, 0.6) is 0 Å². The molecule has 0 bridgehead atoms. The second kappa shape index (κ2) is 5.67. The van der Waals surface area contributed by atoms with E-state index >= 15 is 0 Å². The predicted molar refractivity (Wildman–Crippen MR) is 67.3 cm³/mol. The van der Waals surface area contributed by atoms with Gasteiger partial charge < -0.3 is 10.6 Å². The molecular formula is C13H26N2O. The summed E-state index contributed by atoms with van der Waals surface area (Å²) in [6.07, 6.45) is 5.35. The van der Waals surface area contributed by atoms with E-state index < -0.39 is 0 Å². The van der Waals surface area contributed by atoms with Gasteiger partial charge in [-0.3, -0.25) is 4.79 Å². The lowest BCUT2D eigenvalue weighted by molar-refractivity contribution is -0.124. The average Bonchev–Trinajstić information content (AvgIpc) is 2.63. The quantitative estimate of drug-likeness (QED) is 0.770. The molecule has 16 heavy (non-hydrogen) atoms. The Bertz CT molecular complexity index is 227. The van der Waals surface area contributed by atoms with Gasteiger partial charge in [-0.1, -0.05) is 12.8 Å². The summed E-state index contributed by atoms with van der Waals surface area (Å²) in [5, 5.41) is 6.33. The maximum absolute atomic E-state index is 11.8. The van der Waals surface area contributed by atoms with Crippen molar-refractivity contribution in [3.63, 3.8) is 0 Å². The van der Waals surface area contributed by atoms with E-state index in [0.29, 0.717) is 0 Å². The van der Waals surface area contributed by atoms with Crippen LogP contribution in [0.25, 0.3) is 0 Å². The van der Waals surface area contributed by atoms with Crippen LogP contribution in [0.15, 0.2) is 0 Å². The van der Waals surface area contributed by atoms with Gasteiger partial charge in [0.05, 0.1) is 6.04 Å². The minimum atomic E-state index is -0.139. The second-order valence-corrected chi connectivity index (χ2v) is 6.02. The van der Waals surface area contributed by atoms with Crippen molar-refractivity contribution in [2.24, 2.45) is 5.92 Å². The van der Waals surface area contributed by atoms with Crippen molar-refractivity contribution in [1.82, 2.24) is 10.6 Å². The maximum Gasteiger partial charge on any atom is 0.237 e. The van der Waals surface area contributed by atoms with E-state index in [1.165, 1.54) is 25.7 Å². The lowest BCUT2D eigenvalue weighted by atomic mass is 10.1. The Kier molecular flexibility index (Phi) is 4.78. The maximum atomic E-state index is 11.8. The van der Waals surface area contributed by atoms with Crippen molar-refractivity contribution in [1.29, 1.82) is 0 Å². The summed E-state index contributed by atoms with van der Waals surface area (Å²) in [6.45, 7) is 8.95. The fraction of sp³-hybridized carbons (Fsp3) is 0.923. The van der Waals surface area contributed by atoms with Crippen LogP contribution in [0.4, 0.5) is 0 Å². The molecule has 3 heteroatoms. The summed E-state index contributed by atoms with van der Waals surface area (Å²) in [5.74, 6) is 0.885. The zero-order valence-electron chi connectivity index (χ0n) is 11.1. The van der Waals surface area contributed by atoms with Gasteiger partial charge in [-0.05, 0) is 53.0 Å². The Morgan fingerprint density at radius 3 is 2.38 bits per heavy atom. The Morgan fingerprint density at radius 2 is 1.88 bits per heavy atom. The zero-order chi connectivity index (χ0) is 12.2. The molecule has 1 aliphatic carbocycles. The van der Waals surface area contributed by atoms with Gasteiger partial charge >= 0.3 is 0 Å². The summed E-state index contributed by atoms with van der Waals surface area (Å²) in [6, 6.07) is -0.0835. The molecule has 1 fully saturated rings. The Labute approximate surface area is 99.4 Å². The van der Waals surface area contributed by atoms with Gasteiger partial charge in [-0.25, -0.2) is 0 Å². The van der Waals surface area contributed by atoms with E-state index in [-0.39, 0.29) is 17.5 Å². The molecule has 0 radical (unpaired) electrons. The van der Waals surface area contributed by atoms with Crippen LogP contribution in [-0.2, 0) is 4.79 Å². The molecule has 1 rings (SSSR count). The topological polar surface area (TPSA) is 41.1 Å². The van der Waals surface area contributed by atoms with Gasteiger partial charge in [0, 0.05) is 5.54 Å². The number of hydrogen-bond acceptors (Lipinski definition) is 2. The number of carbonyl (C=O) groups excluding carboxylic acids is 1. The number of nitrogens with one attached hydrogen (secondary N) is 2. The molecule has 0 aromatic rings. The van der Waals surface area contributed by atoms with Crippen LogP contribution in [0.3, 0.4) is 0 Å². The zero-order valence-corrected chi connectivity index (χ0v) is 11.1. The van der Waals surface area contributed by atoms with E-state index in [0.717, 1.165) is 12.5 Å². The third-order valence-corrected chi connectivity index (χ3v) is 3.08. The summed E-state index contributed by atoms with van der Waals surface area (Å²) >= 11 is 0. The lowest BCUT2D eigenvalue weighted by Gasteiger charge is -2.24. The van der Waals surface area contributed by atoms with Crippen molar-refractivity contribution in [3.8, 4) is 0 Å². The molecule has 0 aromatic carbocycles. The molecule has 2 N–H and O–H groups in total. The molecule has 1 amide bonds. The highest BCUT2D eigenvalue weighted by atomic mass is 16.2. The highest BCUT2D eigenvalue weighted by Gasteiger charge is 2.21. The van der Waals surface area contributed by atoms with E-state index in [4.69, 9.17) is 0 Å². The average molecular weight is 226 g/mol. The summed E-state index contributed by atoms with van der Waals surface area (Å²) < 4.78 is 0. The highest BCUT2D eigenvalue weighted by Crippen LogP contribution is 2.23. The molecule has 0 spiro atoms. The first-order chi connectivity index (χ1) is 7.38. The Morgan fingerprint density at radius 1 is 1.31 bits per heavy atom. The molecule has 3 nitrogen and oxygen atoms in total. The highest BCUT2D eigenvalue weighted by molar-refractivity contribution is 5.81. The normalized spacial score (nSPS) is 19.8. The Hall–Kier alpha value is -0.570. The number of rotatable bonds is 4. The lowest BCUT2D eigenvalue weighted by Crippen LogP contribution is -2.50. The van der Waals surface area contributed by atoms with Crippen LogP contribution in [0, 0.1) is 5.92 Å². The molecule has 1 saturated carbocycles. The second-order valence-electron chi connectivity index (χ2n) is 6.02. The van der Waals surface area contributed by atoms with Crippen molar-refractivity contribution in [3.05, 3.63) is 0 Å². The summed E-state index contributed by atoms with van der Waals surface area (Å²) in [7, 11) is 0. The summed E-state index contributed by atoms with van der Waals surface area (Å²) in [5.41, 5.74) is -0.139. The van der Waals surface area contributed by atoms with Crippen molar-refractivity contribution in [2.45, 2.75) is 65.0 Å². The fourth-order valence-electron chi connectivity index (χ4n) is 2.13. The van der Waals surface area contributed by atoms with E-state index in [9.17, 15) is 4.79 Å². The molecule has 1 atom stereocenters. The minimum absolute atomic E-state index is 0.0835. The minimum Gasteiger partial charge on any atom is -0.350 e. The molecular weight excluding hydrogens is 200 g/mol. The smallest absolute Gasteiger partial charge is 0.237 e. The molecule has 0 saturated heterocycles. The molecule has 1 aliphatic rings. The van der Waals surface area contributed by atoms with Crippen molar-refractivity contribution in [2.75, 3.05) is 6.54 Å². The van der Waals surface area contributed by atoms with Crippen LogP contribution >= 0.6 is 0 Å². The van der Waals surface area contributed by atoms with Crippen molar-refractivity contribution >= 4 is 5.91 Å². The van der Waals surface area contributed by atoms with E-state index in [1.54, 1.807) is 0 Å². The third-order valence-electron chi connectivity index (χ3n) is 3.08. The predicted octanol–water partition coefficient (Wildman–Crippen LogP) is 2.07. The summed E-state index contributed by atoms with van der Waals surface area (Å²) in [4.78, 5) is 11.8. The fourth-order valence-corrected chi connectivity index (χ4v) is 2.13. The third kappa shape index (κ3) is 4.97. The molecule has 94 valence electrons. The first-order valence-electron chi connectivity index (χ1n) is 6.44. The monoisotopic (exact) mass is 226 g/mol. The first-order valence-corrected chi connectivity index (χ1v) is 6.44. The number of amides is 1. The Balaban J connectivity index is 2.23. The van der Waals surface area contributed by atoms with Gasteiger partial charge in [0.15, 0.2) is 0 Å². The molecule has 0 heterocycles. The largest absolute Gasteiger partial charge is 0.350 e. The van der Waals surface area contributed by atoms with Gasteiger partial charge in [-0.15, -0.1) is 0 Å². The number of hydrogen-bond donors (Lipinski definition) is 2. The van der Waals surface area contributed by atoms with Gasteiger partial charge in [0.2, 0.25) is 5.91 Å². The van der Waals surface area contributed by atoms with Gasteiger partial charge in [-0.2, -0.15) is 0 Å². The van der Waals surface area contributed by atoms with Gasteiger partial charge in [0.1, 0.15) is 0 Å². The number of carbonyl (C=O) groups is 1. The van der Waals surface area contributed by atoms with Gasteiger partial charge in [0.25, 0.3) is 0 Å². The first kappa shape index (κ1) is 13.5. The van der Waals surface area contributed by atoms with E-state index in [1.807, 2.05) is 27.7 Å². The van der Waals surface area contributed by atoms with Crippen LogP contribution in [0.1, 0.15) is 53.4 Å². The van der Waals surface area contributed by atoms with Crippen LogP contribution in [-0.4, -0.2) is 24.0 Å². The molecule has 0 aromatic heterocycles. The van der Waals surface area contributed by atoms with Crippen molar-refractivity contribution < 1.29 is 4.79 Å². The van der Waals surface area contributed by atoms with Crippen LogP contribution in [0.2, 0.25) is 0 Å². The standard InChI is InChI=1S/C13H26N2O/c1-10(12(16)15-13(2,3)4)14-9-11-7-5-6-8-11/h10-11,14H,5-9H2,1-4H3,(H,15,16). The SMILES string of the molecule is CC(NCC1CCCC1)C(=O)NC(C)(C)C. The molecule has 1 unspecified atom stereocenters. The van der Waals surface area contributed by atoms with Crippen LogP contribution < -0.4 is 10.6 Å². The van der Waals surface area contributed by atoms with E-state index in [2.05, 4.69) is 10.6 Å².